The molecule has 270 valence electrons. The Morgan fingerprint density at radius 3 is 2.54 bits per heavy atom. The molecular formula is C34H44Cl2FN7O5Si. The molecule has 3 aromatic heterocycles. The third-order valence-corrected chi connectivity index (χ3v) is 11.7. The van der Waals surface area contributed by atoms with Crippen molar-refractivity contribution in [3.05, 3.63) is 34.2 Å². The molecule has 6 rings (SSSR count). The van der Waals surface area contributed by atoms with Gasteiger partial charge in [0.1, 0.15) is 29.2 Å². The number of aromatic nitrogens is 5. The molecule has 0 aliphatic carbocycles. The van der Waals surface area contributed by atoms with Gasteiger partial charge in [-0.25, -0.2) is 23.9 Å². The molecule has 2 aliphatic heterocycles. The summed E-state index contributed by atoms with van der Waals surface area (Å²) in [7, 11) is 1.65. The van der Waals surface area contributed by atoms with Crippen molar-refractivity contribution in [1.82, 2.24) is 29.6 Å². The van der Waals surface area contributed by atoms with Crippen LogP contribution >= 0.6 is 23.2 Å². The number of rotatable bonds is 9. The number of anilines is 1. The van der Waals surface area contributed by atoms with E-state index < -0.39 is 44.0 Å². The lowest BCUT2D eigenvalue weighted by atomic mass is 9.95. The first-order valence-corrected chi connectivity index (χ1v) is 21.2. The molecule has 2 bridgehead atoms. The molecule has 2 fully saturated rings. The highest BCUT2D eigenvalue weighted by atomic mass is 35.5. The number of aryl methyl sites for hydroxylation is 1. The van der Waals surface area contributed by atoms with Crippen LogP contribution in [0.2, 0.25) is 35.9 Å². The number of nitrogens with zero attached hydrogens (tertiary/aromatic N) is 6. The van der Waals surface area contributed by atoms with Crippen LogP contribution in [-0.2, 0) is 28.0 Å². The third-order valence-electron chi connectivity index (χ3n) is 9.21. The second-order valence-electron chi connectivity index (χ2n) is 15.3. The number of piperidine rings is 1. The lowest BCUT2D eigenvalue weighted by molar-refractivity contribution is 0.0447. The molecule has 2 aliphatic rings. The first-order valence-electron chi connectivity index (χ1n) is 16.8. The van der Waals surface area contributed by atoms with Crippen molar-refractivity contribution < 1.29 is 28.2 Å². The number of fused-ring (bicyclic) bond motifs is 4. The van der Waals surface area contributed by atoms with Crippen molar-refractivity contribution in [2.45, 2.75) is 102 Å². The highest BCUT2D eigenvalue weighted by Gasteiger charge is 2.50. The fourth-order valence-electron chi connectivity index (χ4n) is 6.82. The number of alkyl carbamates (subject to hydrolysis) is 1. The number of hydrogen-bond donors (Lipinski definition) is 1. The fourth-order valence-corrected chi connectivity index (χ4v) is 8.21. The molecular weight excluding hydrogens is 704 g/mol. The zero-order valence-corrected chi connectivity index (χ0v) is 32.2. The Labute approximate surface area is 301 Å². The maximum Gasteiger partial charge on any atom is 0.407 e. The van der Waals surface area contributed by atoms with Gasteiger partial charge >= 0.3 is 12.1 Å². The number of alkyl halides is 1. The van der Waals surface area contributed by atoms with Gasteiger partial charge in [0.15, 0.2) is 17.2 Å². The van der Waals surface area contributed by atoms with Crippen molar-refractivity contribution in [3.8, 4) is 11.1 Å². The smallest absolute Gasteiger partial charge is 0.407 e. The molecule has 1 aromatic carbocycles. The summed E-state index contributed by atoms with van der Waals surface area (Å²) in [5.74, 6) is -0.486. The standard InChI is InChI=1S/C34H44Cl2FN7O5Si/c1-34(2,3)49-33(46)38-22-15-18-9-12-23(26(22)37)44(18)31-28(32(45)47-5)39-27-20(16-43(30(27)40-31)17-48-13-14-50(6,7)8)19-10-11-21-24(25(19)35)29(36)42(4)41-21/h10-11,16,18,22-23,26H,9,12-15,17H2,1-8H3,(H,38,46)/t18-,22-,23+,26-/m0/s1. The molecule has 1 N–H and O–H groups in total. The van der Waals surface area contributed by atoms with Gasteiger partial charge in [-0.2, -0.15) is 5.10 Å². The number of esters is 1. The Morgan fingerprint density at radius 2 is 1.86 bits per heavy atom. The van der Waals surface area contributed by atoms with E-state index in [9.17, 15) is 9.59 Å². The number of hydrogen-bond acceptors (Lipinski definition) is 9. The number of nitrogens with one attached hydrogen (secondary N) is 1. The zero-order valence-electron chi connectivity index (χ0n) is 29.6. The van der Waals surface area contributed by atoms with Crippen LogP contribution in [0.4, 0.5) is 15.0 Å². The van der Waals surface area contributed by atoms with Crippen LogP contribution in [0, 0.1) is 0 Å². The minimum atomic E-state index is -1.45. The van der Waals surface area contributed by atoms with E-state index >= 15 is 4.39 Å². The van der Waals surface area contributed by atoms with Crippen LogP contribution in [0.5, 0.6) is 0 Å². The predicted octanol–water partition coefficient (Wildman–Crippen LogP) is 7.36. The summed E-state index contributed by atoms with van der Waals surface area (Å²) in [4.78, 5) is 37.8. The number of ether oxygens (including phenoxy) is 3. The van der Waals surface area contributed by atoms with E-state index in [0.717, 1.165) is 6.04 Å². The summed E-state index contributed by atoms with van der Waals surface area (Å²) in [5, 5.41) is 8.53. The van der Waals surface area contributed by atoms with E-state index in [1.165, 1.54) is 7.11 Å². The molecule has 50 heavy (non-hydrogen) atoms. The van der Waals surface area contributed by atoms with E-state index in [0.29, 0.717) is 69.2 Å². The highest BCUT2D eigenvalue weighted by Crippen LogP contribution is 2.44. The first kappa shape index (κ1) is 36.3. The van der Waals surface area contributed by atoms with E-state index in [-0.39, 0.29) is 24.3 Å². The molecule has 5 heterocycles. The summed E-state index contributed by atoms with van der Waals surface area (Å²) in [5.41, 5.74) is 1.93. The van der Waals surface area contributed by atoms with Crippen molar-refractivity contribution in [2.24, 2.45) is 7.05 Å². The average Bonchev–Trinajstić information content (AvgIpc) is 3.66. The topological polar surface area (TPSA) is 126 Å². The van der Waals surface area contributed by atoms with Gasteiger partial charge in [-0.05, 0) is 52.1 Å². The summed E-state index contributed by atoms with van der Waals surface area (Å²) in [6, 6.07) is 2.99. The Bertz CT molecular complexity index is 1960. The molecule has 0 spiro atoms. The van der Waals surface area contributed by atoms with Crippen molar-refractivity contribution in [1.29, 1.82) is 0 Å². The highest BCUT2D eigenvalue weighted by molar-refractivity contribution is 6.76. The second kappa shape index (κ2) is 13.6. The largest absolute Gasteiger partial charge is 0.464 e. The predicted molar refractivity (Wildman–Crippen MR) is 195 cm³/mol. The monoisotopic (exact) mass is 747 g/mol. The summed E-state index contributed by atoms with van der Waals surface area (Å²) in [6.07, 6.45) is 1.18. The molecule has 16 heteroatoms. The molecule has 2 saturated heterocycles. The van der Waals surface area contributed by atoms with Gasteiger partial charge in [0.25, 0.3) is 0 Å². The molecule has 12 nitrogen and oxygen atoms in total. The van der Waals surface area contributed by atoms with Gasteiger partial charge in [0.05, 0.1) is 35.1 Å². The van der Waals surface area contributed by atoms with Gasteiger partial charge in [-0.1, -0.05) is 48.9 Å². The van der Waals surface area contributed by atoms with E-state index in [4.69, 9.17) is 47.4 Å². The van der Waals surface area contributed by atoms with E-state index in [1.54, 1.807) is 32.5 Å². The second-order valence-corrected chi connectivity index (χ2v) is 21.7. The zero-order chi connectivity index (χ0) is 36.3. The minimum absolute atomic E-state index is 0.0436. The van der Waals surface area contributed by atoms with Gasteiger partial charge in [0, 0.05) is 45.1 Å². The Balaban J connectivity index is 1.45. The fraction of sp³-hybridized carbons (Fsp3) is 0.559. The molecule has 1 amide bonds. The first-order chi connectivity index (χ1) is 23.5. The molecule has 0 unspecified atom stereocenters. The van der Waals surface area contributed by atoms with Crippen LogP contribution in [0.1, 0.15) is 50.5 Å². The summed E-state index contributed by atoms with van der Waals surface area (Å²) in [6.45, 7) is 12.9. The summed E-state index contributed by atoms with van der Waals surface area (Å²) < 4.78 is 36.4. The van der Waals surface area contributed by atoms with Gasteiger partial charge in [0.2, 0.25) is 0 Å². The normalized spacial score (nSPS) is 20.9. The number of methoxy groups -OCH3 is 1. The molecule has 0 radical (unpaired) electrons. The van der Waals surface area contributed by atoms with Crippen molar-refractivity contribution in [2.75, 3.05) is 18.6 Å². The molecule has 0 saturated carbocycles. The Morgan fingerprint density at radius 1 is 1.12 bits per heavy atom. The van der Waals surface area contributed by atoms with Crippen LogP contribution in [0.3, 0.4) is 0 Å². The lowest BCUT2D eigenvalue weighted by Crippen LogP contribution is -2.59. The molecule has 4 aromatic rings. The number of amides is 1. The quantitative estimate of drug-likeness (QED) is 0.106. The minimum Gasteiger partial charge on any atom is -0.464 e. The Hall–Kier alpha value is -3.46. The average molecular weight is 749 g/mol. The maximum absolute atomic E-state index is 16.3. The molecule has 4 atom stereocenters. The van der Waals surface area contributed by atoms with Crippen molar-refractivity contribution in [3.63, 3.8) is 0 Å². The maximum atomic E-state index is 16.3. The van der Waals surface area contributed by atoms with Crippen LogP contribution in [0.25, 0.3) is 33.2 Å². The van der Waals surface area contributed by atoms with Gasteiger partial charge < -0.3 is 29.0 Å². The number of halogens is 3. The van der Waals surface area contributed by atoms with Crippen LogP contribution in [-0.4, -0.2) is 88.1 Å². The number of carbonyl (C=O) groups is 2. The SMILES string of the molecule is COC(=O)c1nc2c(-c3ccc4nn(C)c(Cl)c4c3Cl)cn(COCC[Si](C)(C)C)c2nc1N1[C@H]2CC[C@@H]1[C@@H](F)[C@@H](NC(=O)OC(C)(C)C)C2. The summed E-state index contributed by atoms with van der Waals surface area (Å²) >= 11 is 13.6. The van der Waals surface area contributed by atoms with E-state index in [1.807, 2.05) is 27.8 Å². The number of benzene rings is 1. The van der Waals surface area contributed by atoms with Gasteiger partial charge in [-0.3, -0.25) is 4.68 Å². The van der Waals surface area contributed by atoms with E-state index in [2.05, 4.69) is 30.1 Å². The van der Waals surface area contributed by atoms with Crippen LogP contribution < -0.4 is 10.2 Å². The number of carbonyl (C=O) groups excluding carboxylic acids is 2. The third kappa shape index (κ3) is 7.04. The van der Waals surface area contributed by atoms with Gasteiger partial charge in [-0.15, -0.1) is 0 Å². The van der Waals surface area contributed by atoms with Crippen LogP contribution in [0.15, 0.2) is 18.3 Å². The Kier molecular flexibility index (Phi) is 9.87. The lowest BCUT2D eigenvalue weighted by Gasteiger charge is -2.42. The van der Waals surface area contributed by atoms with Crippen molar-refractivity contribution >= 4 is 71.2 Å².